The van der Waals surface area contributed by atoms with Gasteiger partial charge in [0.2, 0.25) is 5.91 Å². The van der Waals surface area contributed by atoms with E-state index >= 15 is 0 Å². The molecule has 34 heavy (non-hydrogen) atoms. The summed E-state index contributed by atoms with van der Waals surface area (Å²) >= 11 is 0. The lowest BCUT2D eigenvalue weighted by Crippen LogP contribution is -2.46. The summed E-state index contributed by atoms with van der Waals surface area (Å²) < 4.78 is 0. The van der Waals surface area contributed by atoms with Crippen molar-refractivity contribution in [2.75, 3.05) is 6.54 Å². The van der Waals surface area contributed by atoms with Crippen LogP contribution in [0.5, 0.6) is 0 Å². The molecule has 3 unspecified atom stereocenters. The number of hydrogen-bond donors (Lipinski definition) is 3. The van der Waals surface area contributed by atoms with E-state index in [1.807, 2.05) is 36.4 Å². The van der Waals surface area contributed by atoms with Gasteiger partial charge in [0.25, 0.3) is 5.91 Å². The zero-order valence-electron chi connectivity index (χ0n) is 19.2. The van der Waals surface area contributed by atoms with Gasteiger partial charge in [-0.3, -0.25) is 14.6 Å². The predicted molar refractivity (Wildman–Crippen MR) is 131 cm³/mol. The number of rotatable bonds is 12. The number of carbonyl (C=O) groups excluding carboxylic acids is 2. The fraction of sp³-hybridized carbons (Fsp3) is 0.333. The number of nitrogens with zero attached hydrogens (tertiary/aromatic N) is 2. The van der Waals surface area contributed by atoms with Crippen molar-refractivity contribution in [3.8, 4) is 0 Å². The SMILES string of the molecule is O=C(NC(CCCCNC1CC1c1ccccc1)C(=O)NCc1ccccc1)c1cnccn1. The smallest absolute Gasteiger partial charge is 0.272 e. The second-order valence-electron chi connectivity index (χ2n) is 8.63. The molecule has 0 saturated heterocycles. The van der Waals surface area contributed by atoms with Crippen molar-refractivity contribution in [2.24, 2.45) is 0 Å². The molecular weight excluding hydrogens is 426 g/mol. The summed E-state index contributed by atoms with van der Waals surface area (Å²) in [6.45, 7) is 1.31. The molecule has 0 spiro atoms. The number of amides is 2. The normalized spacial score (nSPS) is 17.5. The van der Waals surface area contributed by atoms with Crippen molar-refractivity contribution in [2.45, 2.75) is 50.2 Å². The van der Waals surface area contributed by atoms with Gasteiger partial charge in [-0.2, -0.15) is 0 Å². The van der Waals surface area contributed by atoms with Gasteiger partial charge in [0.05, 0.1) is 6.20 Å². The van der Waals surface area contributed by atoms with Gasteiger partial charge in [-0.1, -0.05) is 60.7 Å². The van der Waals surface area contributed by atoms with Crippen molar-refractivity contribution in [1.29, 1.82) is 0 Å². The first-order chi connectivity index (χ1) is 16.7. The fourth-order valence-electron chi connectivity index (χ4n) is 4.08. The number of nitrogens with one attached hydrogen (secondary N) is 3. The van der Waals surface area contributed by atoms with E-state index in [2.05, 4.69) is 50.2 Å². The maximum absolute atomic E-state index is 12.9. The van der Waals surface area contributed by atoms with Crippen LogP contribution in [0.3, 0.4) is 0 Å². The Hall–Kier alpha value is -3.58. The van der Waals surface area contributed by atoms with Crippen LogP contribution in [0.1, 0.15) is 53.2 Å². The minimum atomic E-state index is -0.629. The second-order valence-corrected chi connectivity index (χ2v) is 8.63. The van der Waals surface area contributed by atoms with E-state index in [-0.39, 0.29) is 11.6 Å². The lowest BCUT2D eigenvalue weighted by Gasteiger charge is -2.18. The quantitative estimate of drug-likeness (QED) is 0.363. The summed E-state index contributed by atoms with van der Waals surface area (Å²) in [6.07, 6.45) is 7.85. The maximum Gasteiger partial charge on any atom is 0.272 e. The lowest BCUT2D eigenvalue weighted by atomic mass is 10.1. The number of hydrogen-bond acceptors (Lipinski definition) is 5. The molecule has 1 heterocycles. The van der Waals surface area contributed by atoms with Crippen LogP contribution in [-0.4, -0.2) is 40.4 Å². The van der Waals surface area contributed by atoms with Crippen LogP contribution in [-0.2, 0) is 11.3 Å². The molecule has 1 aliphatic carbocycles. The Kier molecular flexibility index (Phi) is 8.35. The Morgan fingerprint density at radius 2 is 1.74 bits per heavy atom. The zero-order valence-corrected chi connectivity index (χ0v) is 19.2. The molecule has 3 aromatic rings. The first kappa shape index (κ1) is 23.6. The number of carbonyl (C=O) groups is 2. The van der Waals surface area contributed by atoms with Gasteiger partial charge in [0.1, 0.15) is 11.7 Å². The van der Waals surface area contributed by atoms with Gasteiger partial charge in [0, 0.05) is 30.9 Å². The minimum absolute atomic E-state index is 0.194. The monoisotopic (exact) mass is 457 g/mol. The predicted octanol–water partition coefficient (Wildman–Crippen LogP) is 3.21. The Balaban J connectivity index is 1.24. The van der Waals surface area contributed by atoms with Crippen LogP contribution in [0.15, 0.2) is 79.3 Å². The third-order valence-corrected chi connectivity index (χ3v) is 6.07. The van der Waals surface area contributed by atoms with Crippen LogP contribution >= 0.6 is 0 Å². The van der Waals surface area contributed by atoms with Gasteiger partial charge in [-0.05, 0) is 43.4 Å². The highest BCUT2D eigenvalue weighted by atomic mass is 16.2. The molecule has 4 rings (SSSR count). The van der Waals surface area contributed by atoms with E-state index in [4.69, 9.17) is 0 Å². The minimum Gasteiger partial charge on any atom is -0.350 e. The molecule has 2 amide bonds. The lowest BCUT2D eigenvalue weighted by molar-refractivity contribution is -0.123. The highest BCUT2D eigenvalue weighted by Gasteiger charge is 2.37. The molecule has 2 aromatic carbocycles. The number of unbranched alkanes of at least 4 members (excludes halogenated alkanes) is 1. The highest BCUT2D eigenvalue weighted by molar-refractivity contribution is 5.95. The molecule has 1 saturated carbocycles. The average molecular weight is 458 g/mol. The zero-order chi connectivity index (χ0) is 23.6. The Bertz CT molecular complexity index is 1050. The van der Waals surface area contributed by atoms with E-state index in [0.717, 1.165) is 24.9 Å². The molecule has 0 radical (unpaired) electrons. The highest BCUT2D eigenvalue weighted by Crippen LogP contribution is 2.40. The van der Waals surface area contributed by atoms with E-state index in [1.54, 1.807) is 0 Å². The molecule has 7 heteroatoms. The van der Waals surface area contributed by atoms with E-state index in [1.165, 1.54) is 30.6 Å². The van der Waals surface area contributed by atoms with Crippen molar-refractivity contribution >= 4 is 11.8 Å². The molecule has 3 atom stereocenters. The van der Waals surface area contributed by atoms with Crippen molar-refractivity contribution in [1.82, 2.24) is 25.9 Å². The molecule has 176 valence electrons. The molecule has 1 aliphatic rings. The van der Waals surface area contributed by atoms with Crippen LogP contribution in [0, 0.1) is 0 Å². The topological polar surface area (TPSA) is 96.0 Å². The Morgan fingerprint density at radius 1 is 0.971 bits per heavy atom. The molecule has 1 aromatic heterocycles. The third-order valence-electron chi connectivity index (χ3n) is 6.07. The number of aromatic nitrogens is 2. The van der Waals surface area contributed by atoms with Crippen LogP contribution < -0.4 is 16.0 Å². The van der Waals surface area contributed by atoms with Gasteiger partial charge < -0.3 is 16.0 Å². The summed E-state index contributed by atoms with van der Waals surface area (Å²) in [7, 11) is 0. The van der Waals surface area contributed by atoms with Gasteiger partial charge >= 0.3 is 0 Å². The van der Waals surface area contributed by atoms with Gasteiger partial charge in [-0.15, -0.1) is 0 Å². The van der Waals surface area contributed by atoms with E-state index < -0.39 is 11.9 Å². The first-order valence-corrected chi connectivity index (χ1v) is 11.9. The standard InChI is InChI=1S/C27H31N5O2/c33-26(31-18-20-9-3-1-4-10-20)23(32-27(34)25-19-28-15-16-30-25)13-7-8-14-29-24-17-22(24)21-11-5-2-6-12-21/h1-6,9-12,15-16,19,22-24,29H,7-8,13-14,17-18H2,(H,31,33)(H,32,34). The van der Waals surface area contributed by atoms with Crippen molar-refractivity contribution < 1.29 is 9.59 Å². The van der Waals surface area contributed by atoms with Crippen LogP contribution in [0.4, 0.5) is 0 Å². The summed E-state index contributed by atoms with van der Waals surface area (Å²) in [6, 6.07) is 20.2. The van der Waals surface area contributed by atoms with Gasteiger partial charge in [0.15, 0.2) is 0 Å². The molecule has 0 aliphatic heterocycles. The summed E-state index contributed by atoms with van der Waals surface area (Å²) in [5, 5.41) is 9.39. The van der Waals surface area contributed by atoms with Crippen molar-refractivity contribution in [3.63, 3.8) is 0 Å². The summed E-state index contributed by atoms with van der Waals surface area (Å²) in [4.78, 5) is 33.4. The van der Waals surface area contributed by atoms with Crippen LogP contribution in [0.25, 0.3) is 0 Å². The van der Waals surface area contributed by atoms with E-state index in [9.17, 15) is 9.59 Å². The first-order valence-electron chi connectivity index (χ1n) is 11.9. The molecule has 1 fully saturated rings. The van der Waals surface area contributed by atoms with E-state index in [0.29, 0.717) is 24.9 Å². The summed E-state index contributed by atoms with van der Waals surface area (Å²) in [5.41, 5.74) is 2.60. The Labute approximate surface area is 200 Å². The molecular formula is C27H31N5O2. The maximum atomic E-state index is 12.9. The Morgan fingerprint density at radius 3 is 2.47 bits per heavy atom. The van der Waals surface area contributed by atoms with Gasteiger partial charge in [-0.25, -0.2) is 4.98 Å². The van der Waals surface area contributed by atoms with Crippen molar-refractivity contribution in [3.05, 3.63) is 96.1 Å². The second kappa shape index (κ2) is 12.0. The fourth-order valence-corrected chi connectivity index (χ4v) is 4.08. The molecule has 0 bridgehead atoms. The largest absolute Gasteiger partial charge is 0.350 e. The average Bonchev–Trinajstić information content (AvgIpc) is 3.67. The molecule has 7 nitrogen and oxygen atoms in total. The number of benzene rings is 2. The van der Waals surface area contributed by atoms with Crippen LogP contribution in [0.2, 0.25) is 0 Å². The molecule has 3 N–H and O–H groups in total. The third kappa shape index (κ3) is 6.96. The summed E-state index contributed by atoms with van der Waals surface area (Å²) in [5.74, 6) is 0.0131.